The molecule has 2 nitrogen and oxygen atoms in total. The maximum Gasteiger partial charge on any atom is 0.137 e. The summed E-state index contributed by atoms with van der Waals surface area (Å²) in [4.78, 5) is 0. The summed E-state index contributed by atoms with van der Waals surface area (Å²) >= 11 is 6.37. The van der Waals surface area contributed by atoms with Crippen LogP contribution in [0.15, 0.2) is 18.2 Å². The molecule has 0 radical (unpaired) electrons. The second-order valence-electron chi connectivity index (χ2n) is 7.17. The van der Waals surface area contributed by atoms with Gasteiger partial charge in [-0.2, -0.15) is 0 Å². The fraction of sp³-hybridized carbons (Fsp3) is 0.667. The van der Waals surface area contributed by atoms with E-state index in [1.807, 2.05) is 12.1 Å². The van der Waals surface area contributed by atoms with Gasteiger partial charge in [0.15, 0.2) is 0 Å². The van der Waals surface area contributed by atoms with Crippen LogP contribution in [-0.2, 0) is 6.54 Å². The standard InChI is InChI=1S/C18H24ClNO/c19-17-9-13(10-20-16-4-5-16)2-6-18(17)21-11-15-8-12-1-3-14(15)7-12/h2,6,9,12,14-16,20H,1,3-5,7-8,10-11H2. The first kappa shape index (κ1) is 13.9. The summed E-state index contributed by atoms with van der Waals surface area (Å²) in [6, 6.07) is 6.96. The molecule has 2 bridgehead atoms. The normalized spacial score (nSPS) is 30.8. The summed E-state index contributed by atoms with van der Waals surface area (Å²) in [6.45, 7) is 1.76. The lowest BCUT2D eigenvalue weighted by molar-refractivity contribution is 0.195. The van der Waals surface area contributed by atoms with E-state index in [2.05, 4.69) is 11.4 Å². The van der Waals surface area contributed by atoms with Gasteiger partial charge in [0.1, 0.15) is 5.75 Å². The highest BCUT2D eigenvalue weighted by Crippen LogP contribution is 2.48. The van der Waals surface area contributed by atoms with Gasteiger partial charge in [-0.15, -0.1) is 0 Å². The maximum absolute atomic E-state index is 6.37. The third-order valence-electron chi connectivity index (χ3n) is 5.51. The van der Waals surface area contributed by atoms with Crippen LogP contribution in [0.4, 0.5) is 0 Å². The van der Waals surface area contributed by atoms with Crippen molar-refractivity contribution in [2.45, 2.75) is 51.1 Å². The monoisotopic (exact) mass is 305 g/mol. The molecule has 3 aliphatic rings. The molecule has 3 aliphatic carbocycles. The third-order valence-corrected chi connectivity index (χ3v) is 5.80. The number of halogens is 1. The minimum atomic E-state index is 0.734. The van der Waals surface area contributed by atoms with E-state index >= 15 is 0 Å². The zero-order chi connectivity index (χ0) is 14.2. The third kappa shape index (κ3) is 3.22. The van der Waals surface area contributed by atoms with Crippen LogP contribution in [0.25, 0.3) is 0 Å². The van der Waals surface area contributed by atoms with Crippen molar-refractivity contribution < 1.29 is 4.74 Å². The van der Waals surface area contributed by atoms with Crippen molar-refractivity contribution in [3.63, 3.8) is 0 Å². The molecule has 3 heteroatoms. The average molecular weight is 306 g/mol. The van der Waals surface area contributed by atoms with Crippen LogP contribution in [-0.4, -0.2) is 12.6 Å². The molecule has 1 aromatic carbocycles. The molecule has 1 N–H and O–H groups in total. The van der Waals surface area contributed by atoms with E-state index in [4.69, 9.17) is 16.3 Å². The molecule has 0 aromatic heterocycles. The molecule has 0 spiro atoms. The zero-order valence-electron chi connectivity index (χ0n) is 12.5. The van der Waals surface area contributed by atoms with Crippen LogP contribution in [0.3, 0.4) is 0 Å². The summed E-state index contributed by atoms with van der Waals surface area (Å²) in [7, 11) is 0. The SMILES string of the molecule is Clc1cc(CNC2CC2)ccc1OCC1CC2CCC1C2. The van der Waals surface area contributed by atoms with E-state index < -0.39 is 0 Å². The molecule has 114 valence electrons. The summed E-state index contributed by atoms with van der Waals surface area (Å²) in [5, 5.41) is 4.27. The summed E-state index contributed by atoms with van der Waals surface area (Å²) < 4.78 is 6.01. The van der Waals surface area contributed by atoms with E-state index in [1.165, 1.54) is 44.1 Å². The number of benzene rings is 1. The van der Waals surface area contributed by atoms with Gasteiger partial charge in [0, 0.05) is 12.6 Å². The fourth-order valence-electron chi connectivity index (χ4n) is 4.10. The lowest BCUT2D eigenvalue weighted by atomic mass is 9.89. The van der Waals surface area contributed by atoms with Gasteiger partial charge in [0.05, 0.1) is 11.6 Å². The second kappa shape index (κ2) is 5.81. The molecule has 0 heterocycles. The molecule has 3 saturated carbocycles. The quantitative estimate of drug-likeness (QED) is 0.840. The van der Waals surface area contributed by atoms with Gasteiger partial charge in [0.25, 0.3) is 0 Å². The van der Waals surface area contributed by atoms with Gasteiger partial charge in [0.2, 0.25) is 0 Å². The predicted octanol–water partition coefficient (Wildman–Crippen LogP) is 4.41. The number of nitrogens with one attached hydrogen (secondary N) is 1. The Balaban J connectivity index is 1.32. The predicted molar refractivity (Wildman–Crippen MR) is 85.7 cm³/mol. The molecule has 1 aromatic rings. The molecule has 0 aliphatic heterocycles. The van der Waals surface area contributed by atoms with Crippen LogP contribution in [0.2, 0.25) is 5.02 Å². The molecule has 21 heavy (non-hydrogen) atoms. The summed E-state index contributed by atoms with van der Waals surface area (Å²) in [5.41, 5.74) is 1.25. The van der Waals surface area contributed by atoms with Gasteiger partial charge in [-0.05, 0) is 67.6 Å². The number of ether oxygens (including phenoxy) is 1. The number of hydrogen-bond acceptors (Lipinski definition) is 2. The lowest BCUT2D eigenvalue weighted by Crippen LogP contribution is -2.18. The Labute approximate surface area is 132 Å². The van der Waals surface area contributed by atoms with Crippen molar-refractivity contribution in [3.05, 3.63) is 28.8 Å². The van der Waals surface area contributed by atoms with Crippen LogP contribution in [0.5, 0.6) is 5.75 Å². The molecule has 3 atom stereocenters. The largest absolute Gasteiger partial charge is 0.492 e. The van der Waals surface area contributed by atoms with Crippen molar-refractivity contribution in [2.75, 3.05) is 6.61 Å². The molecule has 3 unspecified atom stereocenters. The van der Waals surface area contributed by atoms with Gasteiger partial charge in [-0.3, -0.25) is 0 Å². The Morgan fingerprint density at radius 2 is 2.05 bits per heavy atom. The van der Waals surface area contributed by atoms with Gasteiger partial charge in [-0.25, -0.2) is 0 Å². The molecule has 3 fully saturated rings. The van der Waals surface area contributed by atoms with Gasteiger partial charge >= 0.3 is 0 Å². The first-order valence-electron chi connectivity index (χ1n) is 8.42. The van der Waals surface area contributed by atoms with Crippen molar-refractivity contribution >= 4 is 11.6 Å². The number of hydrogen-bond donors (Lipinski definition) is 1. The van der Waals surface area contributed by atoms with Gasteiger partial charge < -0.3 is 10.1 Å². The fourth-order valence-corrected chi connectivity index (χ4v) is 4.36. The first-order chi connectivity index (χ1) is 10.3. The van der Waals surface area contributed by atoms with Crippen molar-refractivity contribution in [1.82, 2.24) is 5.32 Å². The van der Waals surface area contributed by atoms with E-state index in [0.29, 0.717) is 0 Å². The summed E-state index contributed by atoms with van der Waals surface area (Å²) in [5.74, 6) is 3.51. The molecular weight excluding hydrogens is 282 g/mol. The van der Waals surface area contributed by atoms with Crippen LogP contribution >= 0.6 is 11.6 Å². The topological polar surface area (TPSA) is 21.3 Å². The van der Waals surface area contributed by atoms with Crippen molar-refractivity contribution in [1.29, 1.82) is 0 Å². The van der Waals surface area contributed by atoms with Crippen LogP contribution < -0.4 is 10.1 Å². The highest BCUT2D eigenvalue weighted by atomic mass is 35.5. The van der Waals surface area contributed by atoms with Crippen molar-refractivity contribution in [2.24, 2.45) is 17.8 Å². The Morgan fingerprint density at radius 1 is 1.14 bits per heavy atom. The number of rotatable bonds is 6. The van der Waals surface area contributed by atoms with E-state index in [-0.39, 0.29) is 0 Å². The Kier molecular flexibility index (Phi) is 3.85. The van der Waals surface area contributed by atoms with E-state index in [9.17, 15) is 0 Å². The smallest absolute Gasteiger partial charge is 0.137 e. The molecule has 0 amide bonds. The first-order valence-corrected chi connectivity index (χ1v) is 8.80. The Bertz CT molecular complexity index is 514. The average Bonchev–Trinajstić information content (AvgIpc) is 3.09. The summed E-state index contributed by atoms with van der Waals surface area (Å²) in [6.07, 6.45) is 8.30. The highest BCUT2D eigenvalue weighted by molar-refractivity contribution is 6.32. The Hall–Kier alpha value is -0.730. The van der Waals surface area contributed by atoms with E-state index in [0.717, 1.165) is 47.7 Å². The zero-order valence-corrected chi connectivity index (χ0v) is 13.2. The highest BCUT2D eigenvalue weighted by Gasteiger charge is 2.39. The lowest BCUT2D eigenvalue weighted by Gasteiger charge is -2.22. The van der Waals surface area contributed by atoms with E-state index in [1.54, 1.807) is 0 Å². The minimum Gasteiger partial charge on any atom is -0.492 e. The van der Waals surface area contributed by atoms with Gasteiger partial charge in [-0.1, -0.05) is 24.1 Å². The number of fused-ring (bicyclic) bond motifs is 2. The van der Waals surface area contributed by atoms with Crippen molar-refractivity contribution in [3.8, 4) is 5.75 Å². The molecular formula is C18H24ClNO. The molecule has 4 rings (SSSR count). The Morgan fingerprint density at radius 3 is 2.71 bits per heavy atom. The maximum atomic E-state index is 6.37. The second-order valence-corrected chi connectivity index (χ2v) is 7.57. The van der Waals surface area contributed by atoms with Crippen LogP contribution in [0.1, 0.15) is 44.1 Å². The molecule has 0 saturated heterocycles. The van der Waals surface area contributed by atoms with Crippen LogP contribution in [0, 0.1) is 17.8 Å². The minimum absolute atomic E-state index is 0.734.